The maximum absolute atomic E-state index is 12.9. The van der Waals surface area contributed by atoms with E-state index in [0.29, 0.717) is 6.42 Å². The highest BCUT2D eigenvalue weighted by atomic mass is 16.6. The first-order valence-corrected chi connectivity index (χ1v) is 9.33. The van der Waals surface area contributed by atoms with E-state index in [-0.39, 0.29) is 24.0 Å². The summed E-state index contributed by atoms with van der Waals surface area (Å²) in [5, 5.41) is 10.1. The van der Waals surface area contributed by atoms with Crippen LogP contribution in [0.2, 0.25) is 0 Å². The van der Waals surface area contributed by atoms with Crippen LogP contribution in [0.4, 0.5) is 4.79 Å². The van der Waals surface area contributed by atoms with Gasteiger partial charge in [-0.1, -0.05) is 51.1 Å². The molecule has 0 saturated heterocycles. The Morgan fingerprint density at radius 3 is 2.35 bits per heavy atom. The summed E-state index contributed by atoms with van der Waals surface area (Å²) in [6.07, 6.45) is 1.40. The molecule has 1 aromatic rings. The van der Waals surface area contributed by atoms with Crippen LogP contribution in [0.5, 0.6) is 0 Å². The standard InChI is InChI=1S/C21H31NO4/c1-15(2)22(19(25)26-14-17-9-7-6-8-10-17)21(18(23)24)12-11-20(4,5)13-16(21)3/h6-10,15-16H,11-14H2,1-5H3,(H,23,24). The van der Waals surface area contributed by atoms with Gasteiger partial charge in [0.25, 0.3) is 0 Å². The first-order valence-electron chi connectivity index (χ1n) is 9.33. The van der Waals surface area contributed by atoms with Gasteiger partial charge in [0.1, 0.15) is 12.1 Å². The van der Waals surface area contributed by atoms with Crippen LogP contribution in [-0.2, 0) is 16.1 Å². The van der Waals surface area contributed by atoms with E-state index in [1.165, 1.54) is 4.90 Å². The van der Waals surface area contributed by atoms with Crippen molar-refractivity contribution in [3.63, 3.8) is 0 Å². The zero-order valence-corrected chi connectivity index (χ0v) is 16.5. The van der Waals surface area contributed by atoms with Crippen LogP contribution in [0.1, 0.15) is 59.4 Å². The number of ether oxygens (including phenoxy) is 1. The summed E-state index contributed by atoms with van der Waals surface area (Å²) in [7, 11) is 0. The highest BCUT2D eigenvalue weighted by Gasteiger charge is 2.56. The lowest BCUT2D eigenvalue weighted by Gasteiger charge is -2.51. The molecule has 0 aliphatic heterocycles. The third kappa shape index (κ3) is 4.02. The zero-order valence-electron chi connectivity index (χ0n) is 16.5. The molecular weight excluding hydrogens is 330 g/mol. The number of carbonyl (C=O) groups is 2. The lowest BCUT2D eigenvalue weighted by Crippen LogP contribution is -2.65. The van der Waals surface area contributed by atoms with Gasteiger partial charge in [0.15, 0.2) is 0 Å². The van der Waals surface area contributed by atoms with E-state index in [9.17, 15) is 14.7 Å². The summed E-state index contributed by atoms with van der Waals surface area (Å²) in [6, 6.07) is 9.16. The smallest absolute Gasteiger partial charge is 0.411 e. The van der Waals surface area contributed by atoms with Crippen molar-refractivity contribution in [2.24, 2.45) is 11.3 Å². The number of aliphatic carboxylic acids is 1. The van der Waals surface area contributed by atoms with Gasteiger partial charge in [0, 0.05) is 6.04 Å². The molecule has 1 fully saturated rings. The van der Waals surface area contributed by atoms with Gasteiger partial charge in [0.05, 0.1) is 0 Å². The SMILES string of the molecule is CC(C)N(C(=O)OCc1ccccc1)C1(C(=O)O)CCC(C)(C)CC1C. The van der Waals surface area contributed by atoms with Crippen LogP contribution in [0, 0.1) is 11.3 Å². The molecule has 2 atom stereocenters. The third-order valence-electron chi connectivity index (χ3n) is 5.58. The molecular formula is C21H31NO4. The molecule has 1 aliphatic carbocycles. The molecule has 1 amide bonds. The third-order valence-corrected chi connectivity index (χ3v) is 5.58. The molecule has 0 heterocycles. The number of benzene rings is 1. The van der Waals surface area contributed by atoms with E-state index in [2.05, 4.69) is 13.8 Å². The van der Waals surface area contributed by atoms with Crippen LogP contribution >= 0.6 is 0 Å². The Labute approximate surface area is 156 Å². The van der Waals surface area contributed by atoms with E-state index in [1.807, 2.05) is 51.1 Å². The molecule has 2 rings (SSSR count). The van der Waals surface area contributed by atoms with Gasteiger partial charge in [-0.05, 0) is 50.0 Å². The Kier molecular flexibility index (Phi) is 5.99. The normalized spacial score (nSPS) is 24.9. The van der Waals surface area contributed by atoms with E-state index in [4.69, 9.17) is 4.74 Å². The quantitative estimate of drug-likeness (QED) is 0.825. The predicted octanol–water partition coefficient (Wildman–Crippen LogP) is 4.70. The Morgan fingerprint density at radius 2 is 1.85 bits per heavy atom. The minimum atomic E-state index is -1.22. The number of carbonyl (C=O) groups excluding carboxylic acids is 1. The average Bonchev–Trinajstić information content (AvgIpc) is 2.55. The molecule has 5 heteroatoms. The van der Waals surface area contributed by atoms with Crippen LogP contribution in [0.25, 0.3) is 0 Å². The molecule has 0 spiro atoms. The Balaban J connectivity index is 2.27. The van der Waals surface area contributed by atoms with Crippen molar-refractivity contribution < 1.29 is 19.4 Å². The highest BCUT2D eigenvalue weighted by molar-refractivity contribution is 5.85. The predicted molar refractivity (Wildman–Crippen MR) is 101 cm³/mol. The lowest BCUT2D eigenvalue weighted by molar-refractivity contribution is -0.161. The molecule has 2 unspecified atom stereocenters. The van der Waals surface area contributed by atoms with Gasteiger partial charge in [-0.15, -0.1) is 0 Å². The maximum atomic E-state index is 12.9. The Hall–Kier alpha value is -2.04. The summed E-state index contributed by atoms with van der Waals surface area (Å²) in [6.45, 7) is 10.1. The number of hydrogen-bond acceptors (Lipinski definition) is 3. The molecule has 1 saturated carbocycles. The first-order chi connectivity index (χ1) is 12.1. The number of carboxylic acids is 1. The van der Waals surface area contributed by atoms with Crippen molar-refractivity contribution in [2.45, 2.75) is 72.1 Å². The van der Waals surface area contributed by atoms with Crippen LogP contribution in [0.3, 0.4) is 0 Å². The molecule has 1 N–H and O–H groups in total. The molecule has 1 aromatic carbocycles. The van der Waals surface area contributed by atoms with Crippen molar-refractivity contribution >= 4 is 12.1 Å². The van der Waals surface area contributed by atoms with Gasteiger partial charge < -0.3 is 9.84 Å². The van der Waals surface area contributed by atoms with E-state index >= 15 is 0 Å². The number of hydrogen-bond donors (Lipinski definition) is 1. The molecule has 5 nitrogen and oxygen atoms in total. The number of rotatable bonds is 5. The Bertz CT molecular complexity index is 641. The summed E-state index contributed by atoms with van der Waals surface area (Å²) >= 11 is 0. The number of nitrogens with zero attached hydrogens (tertiary/aromatic N) is 1. The Morgan fingerprint density at radius 1 is 1.23 bits per heavy atom. The van der Waals surface area contributed by atoms with E-state index < -0.39 is 17.6 Å². The van der Waals surface area contributed by atoms with Crippen molar-refractivity contribution in [1.29, 1.82) is 0 Å². The molecule has 0 aromatic heterocycles. The number of carboxylic acid groups (broad SMARTS) is 1. The maximum Gasteiger partial charge on any atom is 0.411 e. The van der Waals surface area contributed by atoms with Crippen LogP contribution in [-0.4, -0.2) is 33.6 Å². The van der Waals surface area contributed by atoms with E-state index in [0.717, 1.165) is 18.4 Å². The van der Waals surface area contributed by atoms with Crippen molar-refractivity contribution in [1.82, 2.24) is 4.90 Å². The van der Waals surface area contributed by atoms with E-state index in [1.54, 1.807) is 0 Å². The fourth-order valence-corrected chi connectivity index (χ4v) is 4.28. The van der Waals surface area contributed by atoms with Crippen LogP contribution in [0.15, 0.2) is 30.3 Å². The molecule has 0 bridgehead atoms. The van der Waals surface area contributed by atoms with Crippen molar-refractivity contribution in [3.8, 4) is 0 Å². The lowest BCUT2D eigenvalue weighted by atomic mass is 9.63. The van der Waals surface area contributed by atoms with Gasteiger partial charge in [-0.25, -0.2) is 9.59 Å². The largest absolute Gasteiger partial charge is 0.479 e. The van der Waals surface area contributed by atoms with Crippen molar-refractivity contribution in [3.05, 3.63) is 35.9 Å². The summed E-state index contributed by atoms with van der Waals surface area (Å²) in [4.78, 5) is 26.7. The zero-order chi connectivity index (χ0) is 19.5. The van der Waals surface area contributed by atoms with Gasteiger partial charge in [0.2, 0.25) is 0 Å². The van der Waals surface area contributed by atoms with Gasteiger partial charge >= 0.3 is 12.1 Å². The minimum Gasteiger partial charge on any atom is -0.479 e. The fraction of sp³-hybridized carbons (Fsp3) is 0.619. The number of amides is 1. The first kappa shape index (κ1) is 20.3. The van der Waals surface area contributed by atoms with Crippen LogP contribution < -0.4 is 0 Å². The minimum absolute atomic E-state index is 0.0783. The monoisotopic (exact) mass is 361 g/mol. The second-order valence-corrected chi connectivity index (χ2v) is 8.50. The second-order valence-electron chi connectivity index (χ2n) is 8.50. The molecule has 1 aliphatic rings. The summed E-state index contributed by atoms with van der Waals surface area (Å²) < 4.78 is 5.50. The molecule has 0 radical (unpaired) electrons. The highest BCUT2D eigenvalue weighted by Crippen LogP contribution is 2.47. The summed E-state index contributed by atoms with van der Waals surface area (Å²) in [5.41, 5.74) is -0.265. The average molecular weight is 361 g/mol. The topological polar surface area (TPSA) is 66.8 Å². The molecule has 144 valence electrons. The van der Waals surface area contributed by atoms with Gasteiger partial charge in [-0.2, -0.15) is 0 Å². The fourth-order valence-electron chi connectivity index (χ4n) is 4.28. The van der Waals surface area contributed by atoms with Gasteiger partial charge in [-0.3, -0.25) is 4.90 Å². The summed E-state index contributed by atoms with van der Waals surface area (Å²) in [5.74, 6) is -1.10. The second kappa shape index (κ2) is 7.68. The molecule has 26 heavy (non-hydrogen) atoms. The van der Waals surface area contributed by atoms with Crippen molar-refractivity contribution in [2.75, 3.05) is 0 Å².